The second-order valence-corrected chi connectivity index (χ2v) is 3.50. The Morgan fingerprint density at radius 1 is 1.47 bits per heavy atom. The van der Waals surface area contributed by atoms with Crippen LogP contribution in [-0.2, 0) is 0 Å². The second kappa shape index (κ2) is 5.73. The van der Waals surface area contributed by atoms with E-state index in [2.05, 4.69) is 5.32 Å². The van der Waals surface area contributed by atoms with Crippen molar-refractivity contribution >= 4 is 0 Å². The zero-order valence-corrected chi connectivity index (χ0v) is 9.58. The zero-order chi connectivity index (χ0) is 11.3. The van der Waals surface area contributed by atoms with E-state index < -0.39 is 0 Å². The van der Waals surface area contributed by atoms with Gasteiger partial charge in [0.05, 0.1) is 19.3 Å². The highest BCUT2D eigenvalue weighted by molar-refractivity contribution is 5.39. The molecule has 0 aliphatic rings. The highest BCUT2D eigenvalue weighted by Crippen LogP contribution is 2.26. The van der Waals surface area contributed by atoms with E-state index in [1.807, 2.05) is 39.1 Å². The Balaban J connectivity index is 3.04. The molecule has 84 valence electrons. The molecule has 0 amide bonds. The van der Waals surface area contributed by atoms with E-state index in [0.717, 1.165) is 11.3 Å². The maximum Gasteiger partial charge on any atom is 0.124 e. The van der Waals surface area contributed by atoms with E-state index in [9.17, 15) is 5.11 Å². The van der Waals surface area contributed by atoms with Crippen LogP contribution in [0.2, 0.25) is 0 Å². The number of ether oxygens (including phenoxy) is 1. The first kappa shape index (κ1) is 12.0. The van der Waals surface area contributed by atoms with Crippen LogP contribution in [0.4, 0.5) is 0 Å². The van der Waals surface area contributed by atoms with Gasteiger partial charge in [-0.05, 0) is 27.0 Å². The Kier molecular flexibility index (Phi) is 4.59. The normalized spacial score (nSPS) is 12.5. The lowest BCUT2D eigenvalue weighted by Gasteiger charge is -2.18. The Bertz CT molecular complexity index is 308. The third-order valence-electron chi connectivity index (χ3n) is 2.37. The summed E-state index contributed by atoms with van der Waals surface area (Å²) in [5.41, 5.74) is 2.18. The number of nitrogens with one attached hydrogen (secondary N) is 1. The molecular formula is C12H19NO2. The van der Waals surface area contributed by atoms with Gasteiger partial charge in [0, 0.05) is 5.56 Å². The van der Waals surface area contributed by atoms with E-state index >= 15 is 0 Å². The van der Waals surface area contributed by atoms with Crippen LogP contribution in [0.3, 0.4) is 0 Å². The highest BCUT2D eigenvalue weighted by Gasteiger charge is 2.13. The lowest BCUT2D eigenvalue weighted by Crippen LogP contribution is -2.21. The molecule has 15 heavy (non-hydrogen) atoms. The van der Waals surface area contributed by atoms with Crippen molar-refractivity contribution < 1.29 is 9.84 Å². The largest absolute Gasteiger partial charge is 0.494 e. The Labute approximate surface area is 91.1 Å². The summed E-state index contributed by atoms with van der Waals surface area (Å²) < 4.78 is 5.53. The van der Waals surface area contributed by atoms with Gasteiger partial charge >= 0.3 is 0 Å². The van der Waals surface area contributed by atoms with E-state index in [4.69, 9.17) is 4.74 Å². The van der Waals surface area contributed by atoms with Crippen LogP contribution < -0.4 is 10.1 Å². The maximum absolute atomic E-state index is 9.24. The third kappa shape index (κ3) is 2.94. The fraction of sp³-hybridized carbons (Fsp3) is 0.500. The summed E-state index contributed by atoms with van der Waals surface area (Å²) in [5.74, 6) is 0.844. The van der Waals surface area contributed by atoms with Crippen LogP contribution in [0.25, 0.3) is 0 Å². The van der Waals surface area contributed by atoms with Crippen LogP contribution in [0.5, 0.6) is 5.75 Å². The monoisotopic (exact) mass is 209 g/mol. The predicted molar refractivity (Wildman–Crippen MR) is 61.2 cm³/mol. The van der Waals surface area contributed by atoms with Crippen molar-refractivity contribution in [3.63, 3.8) is 0 Å². The molecule has 0 aromatic heterocycles. The van der Waals surface area contributed by atoms with Crippen molar-refractivity contribution in [2.75, 3.05) is 20.3 Å². The summed E-state index contributed by atoms with van der Waals surface area (Å²) in [5, 5.41) is 12.3. The highest BCUT2D eigenvalue weighted by atomic mass is 16.5. The SMILES string of the molecule is CCOc1ccc(C)cc1C(CO)NC. The molecule has 1 unspecified atom stereocenters. The van der Waals surface area contributed by atoms with Gasteiger partial charge in [-0.1, -0.05) is 17.7 Å². The fourth-order valence-electron chi connectivity index (χ4n) is 1.57. The van der Waals surface area contributed by atoms with E-state index in [0.29, 0.717) is 6.61 Å². The molecule has 3 nitrogen and oxygen atoms in total. The molecule has 3 heteroatoms. The molecular weight excluding hydrogens is 190 g/mol. The lowest BCUT2D eigenvalue weighted by molar-refractivity contribution is 0.245. The first-order valence-electron chi connectivity index (χ1n) is 5.24. The molecule has 0 saturated carbocycles. The molecule has 0 radical (unpaired) electrons. The molecule has 1 aromatic carbocycles. The fourth-order valence-corrected chi connectivity index (χ4v) is 1.57. The van der Waals surface area contributed by atoms with Crippen LogP contribution in [-0.4, -0.2) is 25.4 Å². The number of aliphatic hydroxyl groups excluding tert-OH is 1. The Morgan fingerprint density at radius 3 is 2.73 bits per heavy atom. The summed E-state index contributed by atoms with van der Waals surface area (Å²) in [6.45, 7) is 4.69. The van der Waals surface area contributed by atoms with Gasteiger partial charge in [-0.3, -0.25) is 0 Å². The molecule has 0 aliphatic carbocycles. The van der Waals surface area contributed by atoms with Crippen LogP contribution in [0.1, 0.15) is 24.1 Å². The summed E-state index contributed by atoms with van der Waals surface area (Å²) in [6, 6.07) is 5.95. The first-order chi connectivity index (χ1) is 7.22. The number of aryl methyl sites for hydroxylation is 1. The summed E-state index contributed by atoms with van der Waals surface area (Å²) in [6.07, 6.45) is 0. The van der Waals surface area contributed by atoms with E-state index in [1.165, 1.54) is 5.56 Å². The quantitative estimate of drug-likeness (QED) is 0.774. The number of hydrogen-bond donors (Lipinski definition) is 2. The van der Waals surface area contributed by atoms with Crippen LogP contribution >= 0.6 is 0 Å². The number of benzene rings is 1. The standard InChI is InChI=1S/C12H19NO2/c1-4-15-12-6-5-9(2)7-10(12)11(8-14)13-3/h5-7,11,13-14H,4,8H2,1-3H3. The van der Waals surface area contributed by atoms with Crippen molar-refractivity contribution in [3.05, 3.63) is 29.3 Å². The van der Waals surface area contributed by atoms with E-state index in [-0.39, 0.29) is 12.6 Å². The first-order valence-corrected chi connectivity index (χ1v) is 5.24. The molecule has 1 aromatic rings. The lowest BCUT2D eigenvalue weighted by atomic mass is 10.0. The van der Waals surface area contributed by atoms with Gasteiger partial charge in [0.15, 0.2) is 0 Å². The van der Waals surface area contributed by atoms with Crippen molar-refractivity contribution in [3.8, 4) is 5.75 Å². The molecule has 1 atom stereocenters. The molecule has 0 heterocycles. The average Bonchev–Trinajstić information content (AvgIpc) is 2.24. The number of hydrogen-bond acceptors (Lipinski definition) is 3. The van der Waals surface area contributed by atoms with Gasteiger partial charge in [-0.15, -0.1) is 0 Å². The topological polar surface area (TPSA) is 41.5 Å². The number of aliphatic hydroxyl groups is 1. The van der Waals surface area contributed by atoms with Gasteiger partial charge in [0.25, 0.3) is 0 Å². The van der Waals surface area contributed by atoms with Crippen molar-refractivity contribution in [2.45, 2.75) is 19.9 Å². The molecule has 0 fully saturated rings. The van der Waals surface area contributed by atoms with Gasteiger partial charge < -0.3 is 15.2 Å². The summed E-state index contributed by atoms with van der Waals surface area (Å²) in [7, 11) is 1.83. The van der Waals surface area contributed by atoms with Crippen LogP contribution in [0.15, 0.2) is 18.2 Å². The van der Waals surface area contributed by atoms with E-state index in [1.54, 1.807) is 0 Å². The summed E-state index contributed by atoms with van der Waals surface area (Å²) in [4.78, 5) is 0. The van der Waals surface area contributed by atoms with Crippen molar-refractivity contribution in [1.82, 2.24) is 5.32 Å². The molecule has 0 spiro atoms. The number of likely N-dealkylation sites (N-methyl/N-ethyl adjacent to an activating group) is 1. The van der Waals surface area contributed by atoms with Gasteiger partial charge in [0.2, 0.25) is 0 Å². The van der Waals surface area contributed by atoms with Crippen molar-refractivity contribution in [1.29, 1.82) is 0 Å². The van der Waals surface area contributed by atoms with Crippen molar-refractivity contribution in [2.24, 2.45) is 0 Å². The van der Waals surface area contributed by atoms with Gasteiger partial charge in [-0.2, -0.15) is 0 Å². The minimum atomic E-state index is -0.0635. The van der Waals surface area contributed by atoms with Crippen LogP contribution in [0, 0.1) is 6.92 Å². The molecule has 0 saturated heterocycles. The third-order valence-corrected chi connectivity index (χ3v) is 2.37. The average molecular weight is 209 g/mol. The summed E-state index contributed by atoms with van der Waals surface area (Å²) >= 11 is 0. The molecule has 1 rings (SSSR count). The molecule has 0 aliphatic heterocycles. The predicted octanol–water partition coefficient (Wildman–Crippen LogP) is 1.65. The smallest absolute Gasteiger partial charge is 0.124 e. The maximum atomic E-state index is 9.24. The zero-order valence-electron chi connectivity index (χ0n) is 9.58. The number of rotatable bonds is 5. The minimum absolute atomic E-state index is 0.0635. The van der Waals surface area contributed by atoms with Gasteiger partial charge in [-0.25, -0.2) is 0 Å². The molecule has 0 bridgehead atoms. The Morgan fingerprint density at radius 2 is 2.20 bits per heavy atom. The molecule has 2 N–H and O–H groups in total. The Hall–Kier alpha value is -1.06. The van der Waals surface area contributed by atoms with Gasteiger partial charge in [0.1, 0.15) is 5.75 Å². The minimum Gasteiger partial charge on any atom is -0.494 e. The second-order valence-electron chi connectivity index (χ2n) is 3.50.